The van der Waals surface area contributed by atoms with Crippen molar-refractivity contribution in [2.24, 2.45) is 0 Å². The van der Waals surface area contributed by atoms with E-state index in [2.05, 4.69) is 10.2 Å². The zero-order valence-corrected chi connectivity index (χ0v) is 22.9. The Morgan fingerprint density at radius 3 is 2.69 bits per heavy atom. The number of amides is 1. The lowest BCUT2D eigenvalue weighted by Crippen LogP contribution is -2.40. The predicted octanol–water partition coefficient (Wildman–Crippen LogP) is 4.11. The Bertz CT molecular complexity index is 1320. The van der Waals surface area contributed by atoms with Crippen molar-refractivity contribution in [1.82, 2.24) is 10.2 Å². The second-order valence-electron chi connectivity index (χ2n) is 10.0. The first-order valence-corrected chi connectivity index (χ1v) is 13.4. The molecule has 1 saturated heterocycles. The number of β-amino-alcohol motifs (C(OH)–C–C–N with tert-alkyl or cyclic N) is 1. The minimum absolute atomic E-state index is 0.0338. The fraction of sp³-hybridized carbons (Fsp3) is 0.367. The zero-order valence-electron chi connectivity index (χ0n) is 22.1. The lowest BCUT2D eigenvalue weighted by atomic mass is 9.96. The van der Waals surface area contributed by atoms with Crippen molar-refractivity contribution in [3.05, 3.63) is 82.4 Å². The third kappa shape index (κ3) is 6.41. The van der Waals surface area contributed by atoms with Gasteiger partial charge in [0.15, 0.2) is 0 Å². The highest BCUT2D eigenvalue weighted by atomic mass is 35.5. The molecule has 2 heterocycles. The fourth-order valence-corrected chi connectivity index (χ4v) is 5.37. The van der Waals surface area contributed by atoms with Gasteiger partial charge in [0.25, 0.3) is 5.91 Å². The van der Waals surface area contributed by atoms with Gasteiger partial charge in [0.05, 0.1) is 12.7 Å². The minimum atomic E-state index is -0.750. The molecule has 39 heavy (non-hydrogen) atoms. The second kappa shape index (κ2) is 11.7. The molecule has 1 spiro atoms. The molecule has 206 valence electrons. The number of carbonyl (C=O) groups excluding carboxylic acids is 1. The number of hydrogen-bond acceptors (Lipinski definition) is 7. The second-order valence-corrected chi connectivity index (χ2v) is 10.5. The van der Waals surface area contributed by atoms with Crippen molar-refractivity contribution in [3.8, 4) is 23.0 Å². The molecular formula is C30H33ClN2O6. The molecule has 2 aliphatic rings. The quantitative estimate of drug-likeness (QED) is 0.391. The Hall–Kier alpha value is -3.46. The average molecular weight is 553 g/mol. The first kappa shape index (κ1) is 27.1. The molecule has 3 aromatic rings. The van der Waals surface area contributed by atoms with Gasteiger partial charge in [0, 0.05) is 50.6 Å². The minimum Gasteiger partial charge on any atom is -0.497 e. The van der Waals surface area contributed by atoms with Crippen LogP contribution in [0.25, 0.3) is 0 Å². The van der Waals surface area contributed by atoms with Gasteiger partial charge < -0.3 is 29.4 Å². The standard InChI is InChI=1S/C30H33ClN2O6/c1-32-29(35)26-9-8-25(37-17-20-3-6-24(36-2)7-4-20)14-28(26)38-18-23(34)16-33-12-11-30(19-33)15-21-13-22(31)5-10-27(21)39-30/h3-10,13-14,23,34H,11-12,15-19H2,1-2H3,(H,32,35)/t23-,30?/m1/s1. The Labute approximate surface area is 233 Å². The smallest absolute Gasteiger partial charge is 0.254 e. The number of aliphatic hydroxyl groups is 1. The number of methoxy groups -OCH3 is 1. The summed E-state index contributed by atoms with van der Waals surface area (Å²) < 4.78 is 23.4. The number of halogens is 1. The molecule has 3 aromatic carbocycles. The number of aliphatic hydroxyl groups excluding tert-OH is 1. The van der Waals surface area contributed by atoms with Crippen LogP contribution in [0, 0.1) is 0 Å². The maximum atomic E-state index is 12.4. The third-order valence-corrected chi connectivity index (χ3v) is 7.38. The van der Waals surface area contributed by atoms with E-state index in [1.807, 2.05) is 42.5 Å². The molecule has 0 aromatic heterocycles. The Balaban J connectivity index is 1.17. The van der Waals surface area contributed by atoms with Gasteiger partial charge in [-0.1, -0.05) is 23.7 Å². The normalized spacial score (nSPS) is 18.9. The molecule has 0 bridgehead atoms. The molecule has 0 radical (unpaired) electrons. The van der Waals surface area contributed by atoms with E-state index in [-0.39, 0.29) is 18.1 Å². The maximum absolute atomic E-state index is 12.4. The van der Waals surface area contributed by atoms with Gasteiger partial charge in [-0.3, -0.25) is 9.69 Å². The van der Waals surface area contributed by atoms with Crippen molar-refractivity contribution in [3.63, 3.8) is 0 Å². The van der Waals surface area contributed by atoms with Crippen LogP contribution in [0.2, 0.25) is 5.02 Å². The molecule has 1 unspecified atom stereocenters. The van der Waals surface area contributed by atoms with Crippen LogP contribution < -0.4 is 24.3 Å². The van der Waals surface area contributed by atoms with Crippen LogP contribution >= 0.6 is 11.6 Å². The molecule has 2 N–H and O–H groups in total. The predicted molar refractivity (Wildman–Crippen MR) is 148 cm³/mol. The number of benzene rings is 3. The van der Waals surface area contributed by atoms with Crippen molar-refractivity contribution in [1.29, 1.82) is 0 Å². The number of rotatable bonds is 10. The van der Waals surface area contributed by atoms with Crippen molar-refractivity contribution < 1.29 is 28.8 Å². The van der Waals surface area contributed by atoms with Crippen LogP contribution in [0.5, 0.6) is 23.0 Å². The van der Waals surface area contributed by atoms with E-state index in [1.54, 1.807) is 32.4 Å². The summed E-state index contributed by atoms with van der Waals surface area (Å²) in [6.45, 7) is 2.35. The number of carbonyl (C=O) groups is 1. The van der Waals surface area contributed by atoms with Crippen LogP contribution in [0.4, 0.5) is 0 Å². The van der Waals surface area contributed by atoms with E-state index < -0.39 is 6.10 Å². The van der Waals surface area contributed by atoms with E-state index in [4.69, 9.17) is 30.5 Å². The molecule has 0 saturated carbocycles. The summed E-state index contributed by atoms with van der Waals surface area (Å²) in [4.78, 5) is 14.6. The Kier molecular flexibility index (Phi) is 8.16. The largest absolute Gasteiger partial charge is 0.497 e. The first-order chi connectivity index (χ1) is 18.9. The van der Waals surface area contributed by atoms with Crippen LogP contribution in [0.3, 0.4) is 0 Å². The van der Waals surface area contributed by atoms with E-state index in [9.17, 15) is 9.90 Å². The van der Waals surface area contributed by atoms with Crippen LogP contribution in [0.1, 0.15) is 27.9 Å². The van der Waals surface area contributed by atoms with E-state index in [0.29, 0.717) is 41.8 Å². The monoisotopic (exact) mass is 552 g/mol. The first-order valence-electron chi connectivity index (χ1n) is 13.0. The fourth-order valence-electron chi connectivity index (χ4n) is 5.17. The van der Waals surface area contributed by atoms with E-state index in [1.165, 1.54) is 0 Å². The number of nitrogens with zero attached hydrogens (tertiary/aromatic N) is 1. The topological polar surface area (TPSA) is 89.5 Å². The highest BCUT2D eigenvalue weighted by molar-refractivity contribution is 6.30. The van der Waals surface area contributed by atoms with E-state index >= 15 is 0 Å². The SMILES string of the molecule is CNC(=O)c1ccc(OCc2ccc(OC)cc2)cc1OC[C@H](O)CN1CCC2(Cc3cc(Cl)ccc3O2)C1. The third-order valence-electron chi connectivity index (χ3n) is 7.15. The van der Waals surface area contributed by atoms with Crippen LogP contribution in [0.15, 0.2) is 60.7 Å². The number of fused-ring (bicyclic) bond motifs is 1. The van der Waals surface area contributed by atoms with Crippen LogP contribution in [-0.4, -0.2) is 68.0 Å². The summed E-state index contributed by atoms with van der Waals surface area (Å²) in [7, 11) is 3.19. The maximum Gasteiger partial charge on any atom is 0.254 e. The summed E-state index contributed by atoms with van der Waals surface area (Å²) in [6, 6.07) is 18.4. The highest BCUT2D eigenvalue weighted by Gasteiger charge is 2.45. The molecule has 0 aliphatic carbocycles. The number of ether oxygens (including phenoxy) is 4. The molecule has 1 fully saturated rings. The molecule has 2 aliphatic heterocycles. The molecule has 8 nitrogen and oxygen atoms in total. The van der Waals surface area contributed by atoms with Gasteiger partial charge >= 0.3 is 0 Å². The van der Waals surface area contributed by atoms with Crippen molar-refractivity contribution >= 4 is 17.5 Å². The highest BCUT2D eigenvalue weighted by Crippen LogP contribution is 2.41. The van der Waals surface area contributed by atoms with E-state index in [0.717, 1.165) is 42.0 Å². The Morgan fingerprint density at radius 2 is 1.92 bits per heavy atom. The van der Waals surface area contributed by atoms with Gasteiger partial charge in [-0.05, 0) is 53.6 Å². The molecular weight excluding hydrogens is 520 g/mol. The number of hydrogen-bond donors (Lipinski definition) is 2. The van der Waals surface area contributed by atoms with Gasteiger partial charge in [-0.15, -0.1) is 0 Å². The summed E-state index contributed by atoms with van der Waals surface area (Å²) >= 11 is 6.16. The average Bonchev–Trinajstić information content (AvgIpc) is 3.51. The van der Waals surface area contributed by atoms with Crippen molar-refractivity contribution in [2.45, 2.75) is 31.2 Å². The van der Waals surface area contributed by atoms with Crippen LogP contribution in [-0.2, 0) is 13.0 Å². The van der Waals surface area contributed by atoms with Gasteiger partial charge in [-0.2, -0.15) is 0 Å². The number of nitrogens with one attached hydrogen (secondary N) is 1. The van der Waals surface area contributed by atoms with Gasteiger partial charge in [0.1, 0.15) is 47.9 Å². The summed E-state index contributed by atoms with van der Waals surface area (Å²) in [5.74, 6) is 2.30. The van der Waals surface area contributed by atoms with Gasteiger partial charge in [0.2, 0.25) is 0 Å². The van der Waals surface area contributed by atoms with Gasteiger partial charge in [-0.25, -0.2) is 0 Å². The summed E-state index contributed by atoms with van der Waals surface area (Å²) in [5.41, 5.74) is 2.20. The molecule has 2 atom stereocenters. The zero-order chi connectivity index (χ0) is 27.4. The lowest BCUT2D eigenvalue weighted by molar-refractivity contribution is 0.0589. The molecule has 5 rings (SSSR count). The summed E-state index contributed by atoms with van der Waals surface area (Å²) in [5, 5.41) is 14.1. The molecule has 9 heteroatoms. The Morgan fingerprint density at radius 1 is 1.13 bits per heavy atom. The summed E-state index contributed by atoms with van der Waals surface area (Å²) in [6.07, 6.45) is 0.936. The van der Waals surface area contributed by atoms with Crippen molar-refractivity contribution in [2.75, 3.05) is 40.4 Å². The number of likely N-dealkylation sites (tertiary alicyclic amines) is 1. The molecule has 1 amide bonds. The lowest BCUT2D eigenvalue weighted by Gasteiger charge is -2.25.